The molecule has 1 aromatic heterocycles. The van der Waals surface area contributed by atoms with Crippen LogP contribution in [-0.2, 0) is 12.8 Å². The minimum Gasteiger partial charge on any atom is -0.283 e. The molecule has 0 radical (unpaired) electrons. The van der Waals surface area contributed by atoms with Crippen LogP contribution in [0.2, 0.25) is 5.02 Å². The lowest BCUT2D eigenvalue weighted by Gasteiger charge is -2.01. The number of H-pyrrole nitrogens is 1. The lowest BCUT2D eigenvalue weighted by atomic mass is 10.1. The topological polar surface area (TPSA) is 28.7 Å². The molecule has 0 aliphatic heterocycles. The van der Waals surface area contributed by atoms with E-state index in [9.17, 15) is 0 Å². The van der Waals surface area contributed by atoms with E-state index in [1.54, 1.807) is 6.20 Å². The molecule has 0 fully saturated rings. The number of hydrogen-bond donors (Lipinski definition) is 1. The number of nitrogens with one attached hydrogen (secondary N) is 1. The SMILES string of the molecule is Clc1ccccc1CCc1ccn[nH]1. The van der Waals surface area contributed by atoms with E-state index in [4.69, 9.17) is 11.6 Å². The van der Waals surface area contributed by atoms with E-state index in [1.807, 2.05) is 24.3 Å². The maximum Gasteiger partial charge on any atom is 0.0490 e. The van der Waals surface area contributed by atoms with Crippen LogP contribution in [0.15, 0.2) is 36.5 Å². The molecule has 0 atom stereocenters. The van der Waals surface area contributed by atoms with Crippen LogP contribution in [0.4, 0.5) is 0 Å². The van der Waals surface area contributed by atoms with Gasteiger partial charge in [0.1, 0.15) is 0 Å². The van der Waals surface area contributed by atoms with Crippen molar-refractivity contribution in [3.05, 3.63) is 52.8 Å². The molecule has 0 saturated heterocycles. The summed E-state index contributed by atoms with van der Waals surface area (Å²) in [6.07, 6.45) is 3.66. The summed E-state index contributed by atoms with van der Waals surface area (Å²) in [5.41, 5.74) is 2.33. The first kappa shape index (κ1) is 9.28. The Kier molecular flexibility index (Phi) is 2.84. The van der Waals surface area contributed by atoms with Crippen LogP contribution < -0.4 is 0 Å². The van der Waals surface area contributed by atoms with Crippen molar-refractivity contribution in [2.24, 2.45) is 0 Å². The second kappa shape index (κ2) is 4.29. The number of aromatic amines is 1. The number of hydrogen-bond acceptors (Lipinski definition) is 1. The predicted molar refractivity (Wildman–Crippen MR) is 57.4 cm³/mol. The minimum atomic E-state index is 0.840. The largest absolute Gasteiger partial charge is 0.283 e. The number of halogens is 1. The molecule has 14 heavy (non-hydrogen) atoms. The van der Waals surface area contributed by atoms with Gasteiger partial charge in [0.25, 0.3) is 0 Å². The smallest absolute Gasteiger partial charge is 0.0490 e. The molecule has 0 amide bonds. The van der Waals surface area contributed by atoms with Gasteiger partial charge in [0.15, 0.2) is 0 Å². The van der Waals surface area contributed by atoms with Crippen molar-refractivity contribution in [1.29, 1.82) is 0 Å². The highest BCUT2D eigenvalue weighted by Gasteiger charge is 2.00. The van der Waals surface area contributed by atoms with E-state index in [2.05, 4.69) is 16.3 Å². The quantitative estimate of drug-likeness (QED) is 0.822. The van der Waals surface area contributed by atoms with Crippen LogP contribution in [0.5, 0.6) is 0 Å². The van der Waals surface area contributed by atoms with E-state index >= 15 is 0 Å². The molecular weight excluding hydrogens is 196 g/mol. The molecule has 0 aliphatic carbocycles. The summed E-state index contributed by atoms with van der Waals surface area (Å²) < 4.78 is 0. The number of aryl methyl sites for hydroxylation is 2. The Morgan fingerprint density at radius 2 is 2.00 bits per heavy atom. The van der Waals surface area contributed by atoms with Crippen LogP contribution >= 0.6 is 11.6 Å². The Bertz CT molecular complexity index is 395. The van der Waals surface area contributed by atoms with Crippen molar-refractivity contribution in [2.45, 2.75) is 12.8 Å². The van der Waals surface area contributed by atoms with Crippen molar-refractivity contribution in [1.82, 2.24) is 10.2 Å². The second-order valence-corrected chi connectivity index (χ2v) is 3.58. The van der Waals surface area contributed by atoms with Gasteiger partial charge in [-0.25, -0.2) is 0 Å². The first-order valence-electron chi connectivity index (χ1n) is 4.58. The van der Waals surface area contributed by atoms with E-state index in [-0.39, 0.29) is 0 Å². The van der Waals surface area contributed by atoms with Gasteiger partial charge in [-0.2, -0.15) is 5.10 Å². The molecule has 1 heterocycles. The van der Waals surface area contributed by atoms with Gasteiger partial charge in [-0.1, -0.05) is 29.8 Å². The fourth-order valence-corrected chi connectivity index (χ4v) is 1.62. The highest BCUT2D eigenvalue weighted by atomic mass is 35.5. The Hall–Kier alpha value is -1.28. The first-order chi connectivity index (χ1) is 6.86. The average molecular weight is 207 g/mol. The molecule has 1 N–H and O–H groups in total. The third kappa shape index (κ3) is 2.15. The van der Waals surface area contributed by atoms with Crippen LogP contribution in [0.25, 0.3) is 0 Å². The van der Waals surface area contributed by atoms with Crippen molar-refractivity contribution in [3.63, 3.8) is 0 Å². The molecule has 2 aromatic rings. The number of benzene rings is 1. The fourth-order valence-electron chi connectivity index (χ4n) is 1.39. The fraction of sp³-hybridized carbons (Fsp3) is 0.182. The summed E-state index contributed by atoms with van der Waals surface area (Å²) in [7, 11) is 0. The molecule has 0 bridgehead atoms. The second-order valence-electron chi connectivity index (χ2n) is 3.17. The molecule has 2 nitrogen and oxygen atoms in total. The zero-order chi connectivity index (χ0) is 9.80. The first-order valence-corrected chi connectivity index (χ1v) is 4.96. The van der Waals surface area contributed by atoms with E-state index in [0.29, 0.717) is 0 Å². The van der Waals surface area contributed by atoms with Gasteiger partial charge >= 0.3 is 0 Å². The standard InChI is InChI=1S/C11H11ClN2/c12-11-4-2-1-3-9(11)5-6-10-7-8-13-14-10/h1-4,7-8H,5-6H2,(H,13,14). The van der Waals surface area contributed by atoms with Gasteiger partial charge in [-0.15, -0.1) is 0 Å². The Labute approximate surface area is 87.9 Å². The van der Waals surface area contributed by atoms with Gasteiger partial charge in [0, 0.05) is 16.9 Å². The third-order valence-electron chi connectivity index (χ3n) is 2.18. The average Bonchev–Trinajstić information content (AvgIpc) is 2.69. The van der Waals surface area contributed by atoms with Gasteiger partial charge in [0.2, 0.25) is 0 Å². The summed E-state index contributed by atoms with van der Waals surface area (Å²) in [5, 5.41) is 7.67. The highest BCUT2D eigenvalue weighted by Crippen LogP contribution is 2.16. The molecule has 0 spiro atoms. The zero-order valence-electron chi connectivity index (χ0n) is 7.70. The molecule has 0 aliphatic rings. The number of nitrogens with zero attached hydrogens (tertiary/aromatic N) is 1. The van der Waals surface area contributed by atoms with Gasteiger partial charge in [-0.05, 0) is 30.5 Å². The van der Waals surface area contributed by atoms with E-state index < -0.39 is 0 Å². The molecular formula is C11H11ClN2. The Morgan fingerprint density at radius 3 is 2.71 bits per heavy atom. The predicted octanol–water partition coefficient (Wildman–Crippen LogP) is 2.85. The number of rotatable bonds is 3. The Balaban J connectivity index is 2.02. The zero-order valence-corrected chi connectivity index (χ0v) is 8.46. The summed E-state index contributed by atoms with van der Waals surface area (Å²) in [4.78, 5) is 0. The summed E-state index contributed by atoms with van der Waals surface area (Å²) in [5.74, 6) is 0. The summed E-state index contributed by atoms with van der Waals surface area (Å²) in [6.45, 7) is 0. The maximum atomic E-state index is 6.04. The molecule has 72 valence electrons. The molecule has 3 heteroatoms. The van der Waals surface area contributed by atoms with Gasteiger partial charge in [-0.3, -0.25) is 5.10 Å². The van der Waals surface area contributed by atoms with Crippen LogP contribution in [-0.4, -0.2) is 10.2 Å². The normalized spacial score (nSPS) is 10.4. The van der Waals surface area contributed by atoms with Crippen molar-refractivity contribution in [3.8, 4) is 0 Å². The molecule has 0 saturated carbocycles. The van der Waals surface area contributed by atoms with Crippen LogP contribution in [0.3, 0.4) is 0 Å². The lowest BCUT2D eigenvalue weighted by molar-refractivity contribution is 0.893. The van der Waals surface area contributed by atoms with Crippen molar-refractivity contribution >= 4 is 11.6 Å². The Morgan fingerprint density at radius 1 is 1.14 bits per heavy atom. The summed E-state index contributed by atoms with van der Waals surface area (Å²) >= 11 is 6.04. The van der Waals surface area contributed by atoms with Crippen molar-refractivity contribution in [2.75, 3.05) is 0 Å². The monoisotopic (exact) mass is 206 g/mol. The number of aromatic nitrogens is 2. The van der Waals surface area contributed by atoms with Gasteiger partial charge in [0.05, 0.1) is 0 Å². The molecule has 1 aromatic carbocycles. The lowest BCUT2D eigenvalue weighted by Crippen LogP contribution is -1.92. The van der Waals surface area contributed by atoms with Crippen LogP contribution in [0.1, 0.15) is 11.3 Å². The van der Waals surface area contributed by atoms with E-state index in [1.165, 1.54) is 5.56 Å². The van der Waals surface area contributed by atoms with Crippen LogP contribution in [0, 0.1) is 0 Å². The molecule has 0 unspecified atom stereocenters. The maximum absolute atomic E-state index is 6.04. The summed E-state index contributed by atoms with van der Waals surface area (Å²) in [6, 6.07) is 9.91. The van der Waals surface area contributed by atoms with Gasteiger partial charge < -0.3 is 0 Å². The molecule has 2 rings (SSSR count). The van der Waals surface area contributed by atoms with E-state index in [0.717, 1.165) is 23.6 Å². The van der Waals surface area contributed by atoms with Crippen molar-refractivity contribution < 1.29 is 0 Å². The third-order valence-corrected chi connectivity index (χ3v) is 2.55. The highest BCUT2D eigenvalue weighted by molar-refractivity contribution is 6.31. The minimum absolute atomic E-state index is 0.840.